The highest BCUT2D eigenvalue weighted by Crippen LogP contribution is 2.22. The van der Waals surface area contributed by atoms with Crippen molar-refractivity contribution in [1.82, 2.24) is 24.1 Å². The summed E-state index contributed by atoms with van der Waals surface area (Å²) in [5, 5.41) is 11.1. The zero-order valence-corrected chi connectivity index (χ0v) is 13.6. The fourth-order valence-corrected chi connectivity index (χ4v) is 3.60. The molecule has 3 aromatic rings. The van der Waals surface area contributed by atoms with Crippen LogP contribution in [-0.2, 0) is 12.8 Å². The van der Waals surface area contributed by atoms with Gasteiger partial charge in [0.25, 0.3) is 5.56 Å². The molecule has 8 heteroatoms. The molecule has 0 N–H and O–H groups in total. The highest BCUT2D eigenvalue weighted by atomic mass is 32.2. The van der Waals surface area contributed by atoms with Crippen LogP contribution in [0.1, 0.15) is 31.3 Å². The molecule has 0 amide bonds. The first-order valence-corrected chi connectivity index (χ1v) is 8.40. The number of hydrogen-bond donors (Lipinski definition) is 0. The highest BCUT2D eigenvalue weighted by Gasteiger charge is 2.13. The molecule has 3 aromatic heterocycles. The molecule has 0 aliphatic heterocycles. The lowest BCUT2D eigenvalue weighted by Crippen LogP contribution is -2.12. The molecule has 21 heavy (non-hydrogen) atoms. The van der Waals surface area contributed by atoms with E-state index in [0.717, 1.165) is 21.6 Å². The summed E-state index contributed by atoms with van der Waals surface area (Å²) in [6, 6.07) is 1.58. The van der Waals surface area contributed by atoms with Crippen molar-refractivity contribution < 1.29 is 0 Å². The summed E-state index contributed by atoms with van der Waals surface area (Å²) >= 11 is 3.00. The maximum atomic E-state index is 11.9. The van der Waals surface area contributed by atoms with E-state index in [1.54, 1.807) is 28.4 Å². The van der Waals surface area contributed by atoms with E-state index in [2.05, 4.69) is 29.0 Å². The van der Waals surface area contributed by atoms with Crippen molar-refractivity contribution in [2.45, 2.75) is 30.7 Å². The van der Waals surface area contributed by atoms with Crippen molar-refractivity contribution >= 4 is 28.1 Å². The fraction of sp³-hybridized carbons (Fsp3) is 0.385. The molecule has 6 nitrogen and oxygen atoms in total. The van der Waals surface area contributed by atoms with Crippen molar-refractivity contribution in [2.75, 3.05) is 0 Å². The van der Waals surface area contributed by atoms with Crippen LogP contribution in [0.15, 0.2) is 27.6 Å². The normalized spacial score (nSPS) is 11.6. The van der Waals surface area contributed by atoms with Gasteiger partial charge in [-0.3, -0.25) is 9.20 Å². The van der Waals surface area contributed by atoms with Crippen molar-refractivity contribution in [3.63, 3.8) is 0 Å². The first-order valence-electron chi connectivity index (χ1n) is 6.54. The van der Waals surface area contributed by atoms with E-state index >= 15 is 0 Å². The van der Waals surface area contributed by atoms with Crippen LogP contribution >= 0.6 is 23.1 Å². The van der Waals surface area contributed by atoms with Gasteiger partial charge in [0, 0.05) is 36.4 Å². The van der Waals surface area contributed by atoms with Gasteiger partial charge in [-0.15, -0.1) is 21.5 Å². The number of rotatable bonds is 4. The second-order valence-electron chi connectivity index (χ2n) is 4.98. The Bertz CT molecular complexity index is 833. The lowest BCUT2D eigenvalue weighted by atomic mass is 10.2. The number of fused-ring (bicyclic) bond motifs is 1. The average molecular weight is 321 g/mol. The summed E-state index contributed by atoms with van der Waals surface area (Å²) in [4.78, 5) is 17.1. The minimum absolute atomic E-state index is 0.0438. The van der Waals surface area contributed by atoms with E-state index in [1.807, 2.05) is 17.0 Å². The van der Waals surface area contributed by atoms with Crippen LogP contribution in [0.25, 0.3) is 4.96 Å². The third kappa shape index (κ3) is 2.73. The SMILES string of the molecule is CC(C)c1nnc(SCc2cc(=O)n3ccsc3n2)n1C. The molecule has 3 heterocycles. The van der Waals surface area contributed by atoms with Crippen molar-refractivity contribution in [3.8, 4) is 0 Å². The number of aromatic nitrogens is 5. The predicted molar refractivity (Wildman–Crippen MR) is 84.0 cm³/mol. The van der Waals surface area contributed by atoms with Crippen LogP contribution in [0.2, 0.25) is 0 Å². The third-order valence-electron chi connectivity index (χ3n) is 3.09. The largest absolute Gasteiger partial charge is 0.309 e. The Kier molecular flexibility index (Phi) is 3.81. The van der Waals surface area contributed by atoms with E-state index in [0.29, 0.717) is 11.7 Å². The van der Waals surface area contributed by atoms with Crippen molar-refractivity contribution in [2.24, 2.45) is 7.05 Å². The molecule has 110 valence electrons. The summed E-state index contributed by atoms with van der Waals surface area (Å²) in [6.45, 7) is 4.18. The Morgan fingerprint density at radius 3 is 2.90 bits per heavy atom. The molecule has 0 saturated heterocycles. The van der Waals surface area contributed by atoms with E-state index < -0.39 is 0 Å². The maximum Gasteiger partial charge on any atom is 0.258 e. The van der Waals surface area contributed by atoms with E-state index in [9.17, 15) is 4.79 Å². The van der Waals surface area contributed by atoms with E-state index in [4.69, 9.17) is 0 Å². The van der Waals surface area contributed by atoms with Gasteiger partial charge in [0.15, 0.2) is 10.1 Å². The van der Waals surface area contributed by atoms with E-state index in [-0.39, 0.29) is 5.56 Å². The van der Waals surface area contributed by atoms with Gasteiger partial charge in [-0.05, 0) is 0 Å². The second kappa shape index (κ2) is 5.61. The summed E-state index contributed by atoms with van der Waals surface area (Å²) in [5.41, 5.74) is 0.722. The predicted octanol–water partition coefficient (Wildman–Crippen LogP) is 2.30. The fourth-order valence-electron chi connectivity index (χ4n) is 2.05. The zero-order chi connectivity index (χ0) is 15.0. The Hall–Kier alpha value is -1.67. The number of hydrogen-bond acceptors (Lipinski definition) is 6. The Morgan fingerprint density at radius 1 is 1.38 bits per heavy atom. The third-order valence-corrected chi connectivity index (χ3v) is 4.90. The molecule has 0 radical (unpaired) electrons. The number of thiazole rings is 1. The minimum atomic E-state index is -0.0438. The van der Waals surface area contributed by atoms with Crippen LogP contribution in [0.3, 0.4) is 0 Å². The summed E-state index contributed by atoms with van der Waals surface area (Å²) in [6.07, 6.45) is 1.74. The number of thioether (sulfide) groups is 1. The lowest BCUT2D eigenvalue weighted by Gasteiger charge is -2.05. The van der Waals surface area contributed by atoms with Gasteiger partial charge in [0.2, 0.25) is 0 Å². The quantitative estimate of drug-likeness (QED) is 0.690. The molecule has 0 aromatic carbocycles. The van der Waals surface area contributed by atoms with Gasteiger partial charge in [0.05, 0.1) is 5.69 Å². The van der Waals surface area contributed by atoms with Gasteiger partial charge < -0.3 is 4.57 Å². The Morgan fingerprint density at radius 2 is 2.19 bits per heavy atom. The van der Waals surface area contributed by atoms with Gasteiger partial charge in [0.1, 0.15) is 5.82 Å². The molecule has 3 rings (SSSR count). The van der Waals surface area contributed by atoms with Crippen LogP contribution in [0.4, 0.5) is 0 Å². The Balaban J connectivity index is 1.82. The maximum absolute atomic E-state index is 11.9. The molecule has 0 saturated carbocycles. The van der Waals surface area contributed by atoms with Gasteiger partial charge >= 0.3 is 0 Å². The molecule has 0 aliphatic rings. The summed E-state index contributed by atoms with van der Waals surface area (Å²) in [5.74, 6) is 1.90. The molecule has 0 spiro atoms. The monoisotopic (exact) mass is 321 g/mol. The van der Waals surface area contributed by atoms with Crippen LogP contribution in [0.5, 0.6) is 0 Å². The standard InChI is InChI=1S/C13H15N5OS2/c1-8(2)11-15-16-13(17(11)3)21-7-9-6-10(19)18-4-5-20-12(18)14-9/h4-6,8H,7H2,1-3H3. The van der Waals surface area contributed by atoms with Crippen molar-refractivity contribution in [3.05, 3.63) is 39.5 Å². The first-order chi connectivity index (χ1) is 10.1. The van der Waals surface area contributed by atoms with Gasteiger partial charge in [-0.1, -0.05) is 25.6 Å². The molecule has 0 unspecified atom stereocenters. The molecule has 0 aliphatic carbocycles. The molecular weight excluding hydrogens is 306 g/mol. The average Bonchev–Trinajstić information content (AvgIpc) is 3.03. The smallest absolute Gasteiger partial charge is 0.258 e. The molecular formula is C13H15N5OS2. The van der Waals surface area contributed by atoms with E-state index in [1.165, 1.54) is 11.3 Å². The first kappa shape index (κ1) is 14.3. The van der Waals surface area contributed by atoms with Crippen LogP contribution < -0.4 is 5.56 Å². The van der Waals surface area contributed by atoms with Crippen LogP contribution in [-0.4, -0.2) is 24.1 Å². The lowest BCUT2D eigenvalue weighted by molar-refractivity contribution is 0.680. The van der Waals surface area contributed by atoms with Crippen LogP contribution in [0, 0.1) is 0 Å². The topological polar surface area (TPSA) is 65.1 Å². The zero-order valence-electron chi connectivity index (χ0n) is 12.0. The highest BCUT2D eigenvalue weighted by molar-refractivity contribution is 7.98. The summed E-state index contributed by atoms with van der Waals surface area (Å²) in [7, 11) is 1.96. The molecule has 0 bridgehead atoms. The second-order valence-corrected chi connectivity index (χ2v) is 6.80. The molecule has 0 fully saturated rings. The van der Waals surface area contributed by atoms with Gasteiger partial charge in [-0.2, -0.15) is 0 Å². The minimum Gasteiger partial charge on any atom is -0.309 e. The summed E-state index contributed by atoms with van der Waals surface area (Å²) < 4.78 is 3.55. The van der Waals surface area contributed by atoms with Gasteiger partial charge in [-0.25, -0.2) is 4.98 Å². The Labute approximate surface area is 129 Å². The molecule has 0 atom stereocenters. The number of nitrogens with zero attached hydrogens (tertiary/aromatic N) is 5. The van der Waals surface area contributed by atoms with Crippen molar-refractivity contribution in [1.29, 1.82) is 0 Å².